The Morgan fingerprint density at radius 2 is 1.82 bits per heavy atom. The number of nitrogens with two attached hydrogens (primary N) is 1. The zero-order valence-electron chi connectivity index (χ0n) is 19.1. The first-order chi connectivity index (χ1) is 15.3. The molecule has 178 valence electrons. The molecule has 1 amide bonds. The minimum Gasteiger partial charge on any atom is -0.338 e. The van der Waals surface area contributed by atoms with Gasteiger partial charge in [0.25, 0.3) is 0 Å². The number of hydrogen-bond donors (Lipinski definition) is 1. The number of rotatable bonds is 5. The Morgan fingerprint density at radius 3 is 2.39 bits per heavy atom. The standard InChI is InChI=1S/C25H30F2N2O3S/c1-24(2,3)23(30)29-15-25(10-11-25)20(14-33(28,31)32)21(29)13-17-7-5-9-19(22(17)27)16-6-4-8-18(26)12-16/h4-9,12,20-21H,10-11,13-15H2,1-3H3,(H2,28,31,32). The van der Waals surface area contributed by atoms with Gasteiger partial charge in [-0.3, -0.25) is 4.79 Å². The maximum Gasteiger partial charge on any atom is 0.228 e. The van der Waals surface area contributed by atoms with E-state index in [2.05, 4.69) is 0 Å². The van der Waals surface area contributed by atoms with Crippen LogP contribution < -0.4 is 5.14 Å². The molecule has 33 heavy (non-hydrogen) atoms. The van der Waals surface area contributed by atoms with Crippen LogP contribution in [0.1, 0.15) is 39.2 Å². The molecule has 0 radical (unpaired) electrons. The lowest BCUT2D eigenvalue weighted by Gasteiger charge is -2.33. The molecule has 2 aromatic carbocycles. The van der Waals surface area contributed by atoms with Crippen molar-refractivity contribution in [1.29, 1.82) is 0 Å². The van der Waals surface area contributed by atoms with Crippen LogP contribution in [-0.2, 0) is 21.2 Å². The third-order valence-electron chi connectivity index (χ3n) is 6.99. The summed E-state index contributed by atoms with van der Waals surface area (Å²) in [6.07, 6.45) is 1.81. The summed E-state index contributed by atoms with van der Waals surface area (Å²) in [6, 6.07) is 10.2. The normalized spacial score (nSPS) is 22.1. The minimum atomic E-state index is -3.79. The fourth-order valence-electron chi connectivity index (χ4n) is 5.17. The van der Waals surface area contributed by atoms with E-state index >= 15 is 4.39 Å². The molecule has 1 aliphatic carbocycles. The first-order valence-corrected chi connectivity index (χ1v) is 12.9. The van der Waals surface area contributed by atoms with E-state index in [4.69, 9.17) is 5.14 Å². The van der Waals surface area contributed by atoms with Crippen molar-refractivity contribution < 1.29 is 22.0 Å². The Morgan fingerprint density at radius 1 is 1.15 bits per heavy atom. The molecule has 2 aromatic rings. The number of halogens is 2. The Hall–Kier alpha value is -2.32. The summed E-state index contributed by atoms with van der Waals surface area (Å²) in [5, 5.41) is 5.43. The number of carbonyl (C=O) groups excluding carboxylic acids is 1. The van der Waals surface area contributed by atoms with Gasteiger partial charge in [-0.05, 0) is 47.9 Å². The van der Waals surface area contributed by atoms with Crippen molar-refractivity contribution in [3.63, 3.8) is 0 Å². The van der Waals surface area contributed by atoms with Crippen molar-refractivity contribution in [2.45, 2.75) is 46.1 Å². The predicted molar refractivity (Wildman–Crippen MR) is 124 cm³/mol. The van der Waals surface area contributed by atoms with Crippen LogP contribution in [0.4, 0.5) is 8.78 Å². The maximum atomic E-state index is 15.6. The number of carbonyl (C=O) groups is 1. The molecular formula is C25H30F2N2O3S. The molecule has 1 aliphatic heterocycles. The van der Waals surface area contributed by atoms with Crippen molar-refractivity contribution in [1.82, 2.24) is 4.90 Å². The van der Waals surface area contributed by atoms with E-state index in [1.54, 1.807) is 29.2 Å². The third kappa shape index (κ3) is 4.82. The van der Waals surface area contributed by atoms with Gasteiger partial charge in [0.05, 0.1) is 5.75 Å². The monoisotopic (exact) mass is 476 g/mol. The second kappa shape index (κ2) is 8.17. The number of hydrogen-bond acceptors (Lipinski definition) is 3. The maximum absolute atomic E-state index is 15.6. The van der Waals surface area contributed by atoms with E-state index in [-0.39, 0.29) is 35.0 Å². The molecule has 2 aliphatic rings. The highest BCUT2D eigenvalue weighted by molar-refractivity contribution is 7.89. The highest BCUT2D eigenvalue weighted by atomic mass is 32.2. The van der Waals surface area contributed by atoms with Crippen LogP contribution in [0.5, 0.6) is 0 Å². The zero-order valence-corrected chi connectivity index (χ0v) is 20.0. The topological polar surface area (TPSA) is 80.5 Å². The van der Waals surface area contributed by atoms with E-state index in [0.717, 1.165) is 12.8 Å². The minimum absolute atomic E-state index is 0.0858. The number of sulfonamides is 1. The van der Waals surface area contributed by atoms with Crippen molar-refractivity contribution in [3.05, 3.63) is 59.7 Å². The van der Waals surface area contributed by atoms with Crippen LogP contribution in [0.3, 0.4) is 0 Å². The summed E-state index contributed by atoms with van der Waals surface area (Å²) in [7, 11) is -3.79. The molecule has 2 fully saturated rings. The average Bonchev–Trinajstić information content (AvgIpc) is 3.43. The smallest absolute Gasteiger partial charge is 0.228 e. The van der Waals surface area contributed by atoms with E-state index in [9.17, 15) is 17.6 Å². The Balaban J connectivity index is 1.74. The molecule has 8 heteroatoms. The van der Waals surface area contributed by atoms with Gasteiger partial charge in [0.1, 0.15) is 11.6 Å². The lowest BCUT2D eigenvalue weighted by atomic mass is 9.85. The summed E-state index contributed by atoms with van der Waals surface area (Å²) in [6.45, 7) is 5.93. The van der Waals surface area contributed by atoms with Crippen molar-refractivity contribution >= 4 is 15.9 Å². The van der Waals surface area contributed by atoms with Gasteiger partial charge in [-0.2, -0.15) is 0 Å². The zero-order chi connectivity index (χ0) is 24.2. The summed E-state index contributed by atoms with van der Waals surface area (Å²) in [4.78, 5) is 15.1. The van der Waals surface area contributed by atoms with Gasteiger partial charge >= 0.3 is 0 Å². The largest absolute Gasteiger partial charge is 0.338 e. The molecule has 1 heterocycles. The SMILES string of the molecule is CC(C)(C)C(=O)N1CC2(CC2)C(CS(N)(=O)=O)C1Cc1cccc(-c2cccc(F)c2)c1F. The summed E-state index contributed by atoms with van der Waals surface area (Å²) in [5.74, 6) is -1.64. The predicted octanol–water partition coefficient (Wildman–Crippen LogP) is 4.12. The number of primary sulfonamides is 1. The highest BCUT2D eigenvalue weighted by Gasteiger charge is 2.61. The molecule has 4 rings (SSSR count). The summed E-state index contributed by atoms with van der Waals surface area (Å²) >= 11 is 0. The molecule has 0 bridgehead atoms. The van der Waals surface area contributed by atoms with Gasteiger partial charge in [0.15, 0.2) is 0 Å². The molecule has 2 N–H and O–H groups in total. The first kappa shape index (κ1) is 23.8. The number of benzene rings is 2. The van der Waals surface area contributed by atoms with Gasteiger partial charge in [0.2, 0.25) is 15.9 Å². The van der Waals surface area contributed by atoms with Crippen LogP contribution in [0.2, 0.25) is 0 Å². The average molecular weight is 477 g/mol. The van der Waals surface area contributed by atoms with Crippen LogP contribution in [0.15, 0.2) is 42.5 Å². The van der Waals surface area contributed by atoms with Gasteiger partial charge in [-0.15, -0.1) is 0 Å². The van der Waals surface area contributed by atoms with Gasteiger partial charge in [-0.1, -0.05) is 51.1 Å². The Labute approximate surface area is 194 Å². The molecule has 2 unspecified atom stereocenters. The fourth-order valence-corrected chi connectivity index (χ4v) is 6.25. The lowest BCUT2D eigenvalue weighted by molar-refractivity contribution is -0.140. The fraction of sp³-hybridized carbons (Fsp3) is 0.480. The molecular weight excluding hydrogens is 446 g/mol. The van der Waals surface area contributed by atoms with Crippen molar-refractivity contribution in [3.8, 4) is 11.1 Å². The van der Waals surface area contributed by atoms with Crippen LogP contribution in [0, 0.1) is 28.4 Å². The quantitative estimate of drug-likeness (QED) is 0.705. The van der Waals surface area contributed by atoms with Crippen molar-refractivity contribution in [2.24, 2.45) is 21.9 Å². The molecule has 2 atom stereocenters. The second-order valence-electron chi connectivity index (χ2n) is 10.5. The Bertz CT molecular complexity index is 1190. The molecule has 0 aromatic heterocycles. The second-order valence-corrected chi connectivity index (χ2v) is 12.2. The Kier molecular flexibility index (Phi) is 5.90. The number of likely N-dealkylation sites (tertiary alicyclic amines) is 1. The van der Waals surface area contributed by atoms with Crippen LogP contribution in [0.25, 0.3) is 11.1 Å². The third-order valence-corrected chi connectivity index (χ3v) is 7.81. The number of amides is 1. The van der Waals surface area contributed by atoms with Gasteiger partial charge < -0.3 is 4.90 Å². The van der Waals surface area contributed by atoms with E-state index in [1.807, 2.05) is 20.8 Å². The highest BCUT2D eigenvalue weighted by Crippen LogP contribution is 2.59. The summed E-state index contributed by atoms with van der Waals surface area (Å²) < 4.78 is 53.5. The van der Waals surface area contributed by atoms with Gasteiger partial charge in [-0.25, -0.2) is 22.3 Å². The molecule has 1 spiro atoms. The van der Waals surface area contributed by atoms with E-state index in [1.165, 1.54) is 18.2 Å². The lowest BCUT2D eigenvalue weighted by Crippen LogP contribution is -2.46. The summed E-state index contributed by atoms with van der Waals surface area (Å²) in [5.41, 5.74) is 0.109. The van der Waals surface area contributed by atoms with Crippen LogP contribution >= 0.6 is 0 Å². The molecule has 1 saturated heterocycles. The van der Waals surface area contributed by atoms with E-state index in [0.29, 0.717) is 17.7 Å². The van der Waals surface area contributed by atoms with E-state index < -0.39 is 33.1 Å². The number of nitrogens with zero attached hydrogens (tertiary/aromatic N) is 1. The molecule has 5 nitrogen and oxygen atoms in total. The van der Waals surface area contributed by atoms with Gasteiger partial charge in [0, 0.05) is 29.5 Å². The van der Waals surface area contributed by atoms with Crippen LogP contribution in [-0.4, -0.2) is 37.6 Å². The van der Waals surface area contributed by atoms with Crippen molar-refractivity contribution in [2.75, 3.05) is 12.3 Å². The molecule has 1 saturated carbocycles. The first-order valence-electron chi connectivity index (χ1n) is 11.2.